The van der Waals surface area contributed by atoms with Gasteiger partial charge in [-0.15, -0.1) is 0 Å². The van der Waals surface area contributed by atoms with Crippen LogP contribution in [0.3, 0.4) is 0 Å². The Bertz CT molecular complexity index is 595. The predicted molar refractivity (Wildman–Crippen MR) is 84.4 cm³/mol. The Morgan fingerprint density at radius 1 is 1.14 bits per heavy atom. The molecule has 0 aliphatic carbocycles. The summed E-state index contributed by atoms with van der Waals surface area (Å²) in [7, 11) is -3.42. The average molecular weight is 309 g/mol. The number of para-hydroxylation sites is 1. The molecule has 2 heterocycles. The molecule has 6 heteroatoms. The van der Waals surface area contributed by atoms with Crippen molar-refractivity contribution in [3.63, 3.8) is 0 Å². The van der Waals surface area contributed by atoms with E-state index in [4.69, 9.17) is 0 Å². The maximum absolute atomic E-state index is 13.0. The maximum Gasteiger partial charge on any atom is 0.304 e. The van der Waals surface area contributed by atoms with Crippen LogP contribution in [0.4, 0.5) is 5.69 Å². The highest BCUT2D eigenvalue weighted by molar-refractivity contribution is 7.90. The van der Waals surface area contributed by atoms with Gasteiger partial charge in [-0.3, -0.25) is 4.31 Å². The van der Waals surface area contributed by atoms with Gasteiger partial charge in [-0.25, -0.2) is 0 Å². The average Bonchev–Trinajstić information content (AvgIpc) is 2.70. The first kappa shape index (κ1) is 14.8. The number of nitrogens with one attached hydrogen (secondary N) is 1. The summed E-state index contributed by atoms with van der Waals surface area (Å²) in [5.41, 5.74) is 1.87. The highest BCUT2D eigenvalue weighted by atomic mass is 32.2. The zero-order valence-electron chi connectivity index (χ0n) is 12.5. The molecule has 0 spiro atoms. The molecule has 1 aromatic carbocycles. The maximum atomic E-state index is 13.0. The van der Waals surface area contributed by atoms with Gasteiger partial charge in [0.2, 0.25) is 0 Å². The first-order chi connectivity index (χ1) is 10.1. The van der Waals surface area contributed by atoms with Gasteiger partial charge in [0.25, 0.3) is 0 Å². The van der Waals surface area contributed by atoms with Crippen LogP contribution in [0.15, 0.2) is 24.3 Å². The molecule has 21 heavy (non-hydrogen) atoms. The van der Waals surface area contributed by atoms with Crippen LogP contribution in [0.2, 0.25) is 0 Å². The summed E-state index contributed by atoms with van der Waals surface area (Å²) in [5, 5.41) is 3.29. The quantitative estimate of drug-likeness (QED) is 0.902. The zero-order chi connectivity index (χ0) is 14.9. The Morgan fingerprint density at radius 2 is 1.86 bits per heavy atom. The molecule has 0 aromatic heterocycles. The van der Waals surface area contributed by atoms with Crippen molar-refractivity contribution in [2.45, 2.75) is 26.3 Å². The van der Waals surface area contributed by atoms with Crippen LogP contribution in [0.25, 0.3) is 0 Å². The lowest BCUT2D eigenvalue weighted by Crippen LogP contribution is -2.48. The molecule has 2 aliphatic heterocycles. The van der Waals surface area contributed by atoms with Gasteiger partial charge in [-0.1, -0.05) is 25.1 Å². The third kappa shape index (κ3) is 2.93. The first-order valence-electron chi connectivity index (χ1n) is 7.65. The third-order valence-corrected chi connectivity index (χ3v) is 6.37. The van der Waals surface area contributed by atoms with E-state index in [1.54, 1.807) is 8.61 Å². The van der Waals surface area contributed by atoms with Gasteiger partial charge < -0.3 is 5.32 Å². The number of fused-ring (bicyclic) bond motifs is 1. The standard InChI is InChI=1S/C15H23N3O2S/c1-13-6-9-17(10-7-13)21(19,20)18-11-8-16-12-14-4-2-3-5-15(14)18/h2-5,13,16H,6-12H2,1H3. The van der Waals surface area contributed by atoms with Gasteiger partial charge in [-0.05, 0) is 30.4 Å². The summed E-state index contributed by atoms with van der Waals surface area (Å²) in [6.07, 6.45) is 1.90. The highest BCUT2D eigenvalue weighted by Crippen LogP contribution is 2.28. The number of rotatable bonds is 2. The van der Waals surface area contributed by atoms with Crippen LogP contribution in [-0.2, 0) is 16.8 Å². The molecule has 1 saturated heterocycles. The molecule has 0 saturated carbocycles. The van der Waals surface area contributed by atoms with Crippen molar-refractivity contribution in [1.82, 2.24) is 9.62 Å². The van der Waals surface area contributed by atoms with Crippen molar-refractivity contribution >= 4 is 15.9 Å². The van der Waals surface area contributed by atoms with Crippen molar-refractivity contribution < 1.29 is 8.42 Å². The lowest BCUT2D eigenvalue weighted by atomic mass is 10.0. The molecular weight excluding hydrogens is 286 g/mol. The molecule has 0 bridgehead atoms. The Kier molecular flexibility index (Phi) is 4.19. The number of hydrogen-bond acceptors (Lipinski definition) is 3. The lowest BCUT2D eigenvalue weighted by molar-refractivity contribution is 0.287. The molecule has 0 atom stereocenters. The van der Waals surface area contributed by atoms with Crippen LogP contribution in [0.5, 0.6) is 0 Å². The van der Waals surface area contributed by atoms with Crippen LogP contribution in [0.1, 0.15) is 25.3 Å². The molecule has 5 nitrogen and oxygen atoms in total. The van der Waals surface area contributed by atoms with Crippen molar-refractivity contribution in [2.75, 3.05) is 30.5 Å². The first-order valence-corrected chi connectivity index (χ1v) is 9.05. The highest BCUT2D eigenvalue weighted by Gasteiger charge is 2.33. The fourth-order valence-corrected chi connectivity index (χ4v) is 4.72. The molecule has 1 fully saturated rings. The lowest BCUT2D eigenvalue weighted by Gasteiger charge is -2.34. The van der Waals surface area contributed by atoms with Crippen LogP contribution >= 0.6 is 0 Å². The van der Waals surface area contributed by atoms with Crippen molar-refractivity contribution in [3.8, 4) is 0 Å². The van der Waals surface area contributed by atoms with Crippen molar-refractivity contribution in [3.05, 3.63) is 29.8 Å². The zero-order valence-corrected chi connectivity index (χ0v) is 13.3. The molecular formula is C15H23N3O2S. The fourth-order valence-electron chi connectivity index (χ4n) is 3.02. The summed E-state index contributed by atoms with van der Waals surface area (Å²) in [4.78, 5) is 0. The summed E-state index contributed by atoms with van der Waals surface area (Å²) in [6, 6.07) is 7.77. The molecule has 1 aromatic rings. The smallest absolute Gasteiger partial charge is 0.304 e. The molecule has 1 N–H and O–H groups in total. The number of piperidine rings is 1. The Labute approximate surface area is 127 Å². The van der Waals surface area contributed by atoms with Crippen molar-refractivity contribution in [1.29, 1.82) is 0 Å². The van der Waals surface area contributed by atoms with Crippen molar-refractivity contribution in [2.24, 2.45) is 5.92 Å². The number of anilines is 1. The molecule has 2 aliphatic rings. The van der Waals surface area contributed by atoms with E-state index in [9.17, 15) is 8.42 Å². The van der Waals surface area contributed by atoms with Gasteiger partial charge in [0.05, 0.1) is 5.69 Å². The Morgan fingerprint density at radius 3 is 2.62 bits per heavy atom. The summed E-state index contributed by atoms with van der Waals surface area (Å²) in [6.45, 7) is 5.35. The van der Waals surface area contributed by atoms with E-state index in [1.807, 2.05) is 24.3 Å². The SMILES string of the molecule is CC1CCN(S(=O)(=O)N2CCNCc3ccccc32)CC1. The minimum Gasteiger partial charge on any atom is -0.311 e. The van der Waals surface area contributed by atoms with Gasteiger partial charge in [0.1, 0.15) is 0 Å². The van der Waals surface area contributed by atoms with E-state index in [0.717, 1.165) is 30.6 Å². The molecule has 116 valence electrons. The minimum atomic E-state index is -3.42. The number of benzene rings is 1. The van der Waals surface area contributed by atoms with E-state index >= 15 is 0 Å². The number of nitrogens with zero attached hydrogens (tertiary/aromatic N) is 2. The molecule has 3 rings (SSSR count). The van der Waals surface area contributed by atoms with Gasteiger partial charge in [0.15, 0.2) is 0 Å². The van der Waals surface area contributed by atoms with Crippen LogP contribution in [-0.4, -0.2) is 38.9 Å². The monoisotopic (exact) mass is 309 g/mol. The second-order valence-electron chi connectivity index (χ2n) is 5.97. The largest absolute Gasteiger partial charge is 0.311 e. The van der Waals surface area contributed by atoms with Crippen LogP contribution in [0, 0.1) is 5.92 Å². The molecule has 0 amide bonds. The number of hydrogen-bond donors (Lipinski definition) is 1. The molecule has 0 unspecified atom stereocenters. The minimum absolute atomic E-state index is 0.491. The summed E-state index contributed by atoms with van der Waals surface area (Å²) >= 11 is 0. The van der Waals surface area contributed by atoms with Gasteiger partial charge in [0, 0.05) is 32.7 Å². The summed E-state index contributed by atoms with van der Waals surface area (Å²) < 4.78 is 29.2. The third-order valence-electron chi connectivity index (χ3n) is 4.41. The van der Waals surface area contributed by atoms with E-state index in [0.29, 0.717) is 32.1 Å². The van der Waals surface area contributed by atoms with E-state index < -0.39 is 10.2 Å². The normalized spacial score (nSPS) is 21.9. The van der Waals surface area contributed by atoms with E-state index in [-0.39, 0.29) is 0 Å². The topological polar surface area (TPSA) is 52.7 Å². The Balaban J connectivity index is 1.91. The second-order valence-corrected chi connectivity index (χ2v) is 7.82. The second kappa shape index (κ2) is 5.94. The Hall–Kier alpha value is -1.11. The van der Waals surface area contributed by atoms with Gasteiger partial charge >= 0.3 is 10.2 Å². The summed E-state index contributed by atoms with van der Waals surface area (Å²) in [5.74, 6) is 0.620. The van der Waals surface area contributed by atoms with E-state index in [1.165, 1.54) is 0 Å². The fraction of sp³-hybridized carbons (Fsp3) is 0.600. The predicted octanol–water partition coefficient (Wildman–Crippen LogP) is 1.57. The van der Waals surface area contributed by atoms with Crippen LogP contribution < -0.4 is 9.62 Å². The molecule has 0 radical (unpaired) electrons. The van der Waals surface area contributed by atoms with E-state index in [2.05, 4.69) is 12.2 Å². The van der Waals surface area contributed by atoms with Gasteiger partial charge in [-0.2, -0.15) is 12.7 Å².